The smallest absolute Gasteiger partial charge is 0.240 e. The molecule has 1 heterocycles. The highest BCUT2D eigenvalue weighted by molar-refractivity contribution is 5.52. The highest BCUT2D eigenvalue weighted by atomic mass is 16.1. The molecule has 1 saturated carbocycles. The maximum Gasteiger partial charge on any atom is 0.240 e. The molecule has 4 heteroatoms. The number of aromatic nitrogens is 2. The Bertz CT molecular complexity index is 345. The van der Waals surface area contributed by atoms with Gasteiger partial charge in [-0.05, 0) is 12.8 Å². The average molecular weight is 163 g/mol. The van der Waals surface area contributed by atoms with Gasteiger partial charge in [0.1, 0.15) is 5.69 Å². The molecule has 1 aliphatic carbocycles. The second kappa shape index (κ2) is 2.57. The number of hydrogen-bond donors (Lipinski definition) is 0. The van der Waals surface area contributed by atoms with E-state index in [1.54, 1.807) is 17.0 Å². The Kier molecular flexibility index (Phi) is 1.55. The average Bonchev–Trinajstić information content (AvgIpc) is 2.79. The van der Waals surface area contributed by atoms with Gasteiger partial charge in [-0.25, -0.2) is 4.79 Å². The fourth-order valence-electron chi connectivity index (χ4n) is 1.28. The lowest BCUT2D eigenvalue weighted by molar-refractivity contribution is 0.565. The molecule has 1 fully saturated rings. The Morgan fingerprint density at radius 1 is 1.75 bits per heavy atom. The first-order valence-electron chi connectivity index (χ1n) is 3.92. The van der Waals surface area contributed by atoms with Crippen LogP contribution in [0, 0.1) is 0 Å². The van der Waals surface area contributed by atoms with E-state index in [0.717, 1.165) is 5.69 Å². The molecule has 12 heavy (non-hydrogen) atoms. The molecule has 1 aliphatic rings. The highest BCUT2D eigenvalue weighted by Gasteiger charge is 2.28. The van der Waals surface area contributed by atoms with E-state index < -0.39 is 0 Å². The lowest BCUT2D eigenvalue weighted by atomic mass is 10.3. The first-order chi connectivity index (χ1) is 5.81. The van der Waals surface area contributed by atoms with Crippen LogP contribution in [0.4, 0.5) is 5.69 Å². The second-order valence-electron chi connectivity index (χ2n) is 3.05. The van der Waals surface area contributed by atoms with Crippen molar-refractivity contribution in [2.24, 2.45) is 12.0 Å². The Balaban J connectivity index is 2.42. The third-order valence-corrected chi connectivity index (χ3v) is 1.97. The molecule has 0 unspecified atom stereocenters. The van der Waals surface area contributed by atoms with Gasteiger partial charge >= 0.3 is 0 Å². The number of aryl methyl sites for hydroxylation is 1. The summed E-state index contributed by atoms with van der Waals surface area (Å²) in [6.45, 7) is 0. The van der Waals surface area contributed by atoms with E-state index >= 15 is 0 Å². The van der Waals surface area contributed by atoms with E-state index in [2.05, 4.69) is 10.1 Å². The van der Waals surface area contributed by atoms with Crippen molar-refractivity contribution in [3.8, 4) is 0 Å². The van der Waals surface area contributed by atoms with Crippen molar-refractivity contribution >= 4 is 11.8 Å². The van der Waals surface area contributed by atoms with Crippen molar-refractivity contribution in [3.63, 3.8) is 0 Å². The molecule has 1 aromatic rings. The number of rotatable bonds is 2. The molecule has 0 bridgehead atoms. The van der Waals surface area contributed by atoms with Crippen molar-refractivity contribution in [2.45, 2.75) is 18.8 Å². The Hall–Kier alpha value is -1.41. The van der Waals surface area contributed by atoms with Crippen LogP contribution in [0.2, 0.25) is 0 Å². The van der Waals surface area contributed by atoms with Crippen LogP contribution in [0.5, 0.6) is 0 Å². The molecule has 2 rings (SSSR count). The summed E-state index contributed by atoms with van der Waals surface area (Å²) in [5, 5.41) is 4.24. The normalized spacial score (nSPS) is 15.8. The standard InChI is InChI=1S/C8H9N3O/c1-11-4-7(9-5-12)8(10-11)6-2-3-6/h4,6H,2-3H2,1H3. The number of nitrogens with zero attached hydrogens (tertiary/aromatic N) is 3. The summed E-state index contributed by atoms with van der Waals surface area (Å²) in [4.78, 5) is 13.6. The van der Waals surface area contributed by atoms with Crippen molar-refractivity contribution in [1.82, 2.24) is 9.78 Å². The molecule has 62 valence electrons. The summed E-state index contributed by atoms with van der Waals surface area (Å²) >= 11 is 0. The van der Waals surface area contributed by atoms with E-state index in [0.29, 0.717) is 11.6 Å². The van der Waals surface area contributed by atoms with Gasteiger partial charge in [0.05, 0.1) is 11.9 Å². The summed E-state index contributed by atoms with van der Waals surface area (Å²) in [5.74, 6) is 0.526. The zero-order valence-electron chi connectivity index (χ0n) is 6.82. The topological polar surface area (TPSA) is 47.2 Å². The van der Waals surface area contributed by atoms with Crippen LogP contribution < -0.4 is 0 Å². The Morgan fingerprint density at radius 3 is 3.08 bits per heavy atom. The third kappa shape index (κ3) is 1.17. The van der Waals surface area contributed by atoms with Crippen LogP contribution in [0.1, 0.15) is 24.5 Å². The molecule has 0 saturated heterocycles. The van der Waals surface area contributed by atoms with Crippen LogP contribution in [0.3, 0.4) is 0 Å². The van der Waals surface area contributed by atoms with Crippen LogP contribution in [-0.4, -0.2) is 15.9 Å². The number of aliphatic imine (C=N–C) groups is 1. The maximum atomic E-state index is 10.1. The van der Waals surface area contributed by atoms with E-state index in [1.165, 1.54) is 12.8 Å². The molecule has 0 radical (unpaired) electrons. The number of hydrogen-bond acceptors (Lipinski definition) is 3. The lowest BCUT2D eigenvalue weighted by Gasteiger charge is -1.88. The van der Waals surface area contributed by atoms with Crippen LogP contribution in [0.25, 0.3) is 0 Å². The molecule has 4 nitrogen and oxygen atoms in total. The maximum absolute atomic E-state index is 10.1. The molecule has 0 atom stereocenters. The van der Waals surface area contributed by atoms with Gasteiger partial charge in [0.25, 0.3) is 0 Å². The van der Waals surface area contributed by atoms with Gasteiger partial charge in [-0.1, -0.05) is 0 Å². The summed E-state index contributed by atoms with van der Waals surface area (Å²) in [6, 6.07) is 0. The molecule has 0 N–H and O–H groups in total. The number of isocyanates is 1. The van der Waals surface area contributed by atoms with Gasteiger partial charge in [-0.3, -0.25) is 4.68 Å². The van der Waals surface area contributed by atoms with E-state index in [-0.39, 0.29) is 0 Å². The SMILES string of the molecule is Cn1cc(N=C=O)c(C2CC2)n1. The van der Waals surface area contributed by atoms with Gasteiger partial charge in [0, 0.05) is 13.0 Å². The predicted molar refractivity (Wildman–Crippen MR) is 43.0 cm³/mol. The first-order valence-corrected chi connectivity index (χ1v) is 3.92. The van der Waals surface area contributed by atoms with Gasteiger partial charge < -0.3 is 0 Å². The quantitative estimate of drug-likeness (QED) is 0.486. The highest BCUT2D eigenvalue weighted by Crippen LogP contribution is 2.43. The predicted octanol–water partition coefficient (Wildman–Crippen LogP) is 1.26. The van der Waals surface area contributed by atoms with Crippen LogP contribution in [-0.2, 0) is 11.8 Å². The summed E-state index contributed by atoms with van der Waals surface area (Å²) in [5.41, 5.74) is 1.62. The molecule has 0 aromatic carbocycles. The largest absolute Gasteiger partial charge is 0.273 e. The minimum Gasteiger partial charge on any atom is -0.273 e. The van der Waals surface area contributed by atoms with E-state index in [1.807, 2.05) is 7.05 Å². The van der Waals surface area contributed by atoms with E-state index in [9.17, 15) is 4.79 Å². The van der Waals surface area contributed by atoms with Crippen molar-refractivity contribution < 1.29 is 4.79 Å². The minimum atomic E-state index is 0.526. The first kappa shape index (κ1) is 7.25. The summed E-state index contributed by atoms with van der Waals surface area (Å²) in [6.07, 6.45) is 5.62. The summed E-state index contributed by atoms with van der Waals surface area (Å²) in [7, 11) is 1.83. The molecule has 1 aromatic heterocycles. The van der Waals surface area contributed by atoms with Gasteiger partial charge in [-0.2, -0.15) is 10.1 Å². The van der Waals surface area contributed by atoms with Crippen LogP contribution >= 0.6 is 0 Å². The fourth-order valence-corrected chi connectivity index (χ4v) is 1.28. The van der Waals surface area contributed by atoms with Crippen molar-refractivity contribution in [1.29, 1.82) is 0 Å². The monoisotopic (exact) mass is 163 g/mol. The minimum absolute atomic E-state index is 0.526. The molecule has 0 spiro atoms. The van der Waals surface area contributed by atoms with Crippen molar-refractivity contribution in [2.75, 3.05) is 0 Å². The van der Waals surface area contributed by atoms with Crippen molar-refractivity contribution in [3.05, 3.63) is 11.9 Å². The van der Waals surface area contributed by atoms with Gasteiger partial charge in [0.2, 0.25) is 6.08 Å². The van der Waals surface area contributed by atoms with Crippen LogP contribution in [0.15, 0.2) is 11.2 Å². The zero-order valence-corrected chi connectivity index (χ0v) is 6.82. The number of carbonyl (C=O) groups excluding carboxylic acids is 1. The molecule has 0 aliphatic heterocycles. The molecular formula is C8H9N3O. The Morgan fingerprint density at radius 2 is 2.50 bits per heavy atom. The van der Waals surface area contributed by atoms with Gasteiger partial charge in [0.15, 0.2) is 0 Å². The fraction of sp³-hybridized carbons (Fsp3) is 0.500. The molecular weight excluding hydrogens is 154 g/mol. The van der Waals surface area contributed by atoms with Gasteiger partial charge in [-0.15, -0.1) is 0 Å². The van der Waals surface area contributed by atoms with E-state index in [4.69, 9.17) is 0 Å². The third-order valence-electron chi connectivity index (χ3n) is 1.97. The Labute approximate surface area is 69.9 Å². The molecule has 0 amide bonds. The lowest BCUT2D eigenvalue weighted by Crippen LogP contribution is -1.88. The summed E-state index contributed by atoms with van der Waals surface area (Å²) < 4.78 is 1.68. The zero-order chi connectivity index (χ0) is 8.55. The second-order valence-corrected chi connectivity index (χ2v) is 3.05.